The fourth-order valence-corrected chi connectivity index (χ4v) is 1.70. The van der Waals surface area contributed by atoms with Crippen molar-refractivity contribution in [3.05, 3.63) is 23.5 Å². The van der Waals surface area contributed by atoms with Crippen LogP contribution in [0.5, 0.6) is 0 Å². The van der Waals surface area contributed by atoms with Gasteiger partial charge in [-0.1, -0.05) is 0 Å². The Bertz CT molecular complexity index is 440. The van der Waals surface area contributed by atoms with Crippen molar-refractivity contribution >= 4 is 5.91 Å². The number of rotatable bonds is 3. The van der Waals surface area contributed by atoms with Gasteiger partial charge in [0.1, 0.15) is 11.8 Å². The van der Waals surface area contributed by atoms with Crippen molar-refractivity contribution in [1.82, 2.24) is 10.3 Å². The number of nitrogens with one attached hydrogen (secondary N) is 2. The third-order valence-electron chi connectivity index (χ3n) is 2.93. The lowest BCUT2D eigenvalue weighted by molar-refractivity contribution is -0.0300. The predicted octanol–water partition coefficient (Wildman–Crippen LogP) is 0.531. The van der Waals surface area contributed by atoms with Crippen LogP contribution in [0.3, 0.4) is 0 Å². The van der Waals surface area contributed by atoms with Gasteiger partial charge in [0.15, 0.2) is 0 Å². The average molecular weight is 219 g/mol. The molecular formula is C11H13N3O2. The second kappa shape index (κ2) is 3.99. The van der Waals surface area contributed by atoms with Crippen LogP contribution in [0, 0.1) is 11.3 Å². The third-order valence-corrected chi connectivity index (χ3v) is 2.93. The van der Waals surface area contributed by atoms with Crippen molar-refractivity contribution in [2.24, 2.45) is 0 Å². The number of amides is 1. The lowest BCUT2D eigenvalue weighted by atomic mass is 9.80. The van der Waals surface area contributed by atoms with E-state index in [1.165, 1.54) is 12.3 Å². The number of hydrogen-bond donors (Lipinski definition) is 3. The fourth-order valence-electron chi connectivity index (χ4n) is 1.70. The Hall–Kier alpha value is -1.80. The van der Waals surface area contributed by atoms with Gasteiger partial charge in [0.2, 0.25) is 0 Å². The Morgan fingerprint density at radius 2 is 2.44 bits per heavy atom. The van der Waals surface area contributed by atoms with Crippen LogP contribution >= 0.6 is 0 Å². The Balaban J connectivity index is 1.90. The van der Waals surface area contributed by atoms with Crippen LogP contribution in [0.4, 0.5) is 0 Å². The SMILES string of the molecule is N#Cc1cc(C(=O)NCC2(O)CCC2)c[nH]1. The van der Waals surface area contributed by atoms with Crippen LogP contribution < -0.4 is 5.32 Å². The number of aliphatic hydroxyl groups is 1. The lowest BCUT2D eigenvalue weighted by Crippen LogP contribution is -2.47. The maximum Gasteiger partial charge on any atom is 0.252 e. The first-order valence-electron chi connectivity index (χ1n) is 5.22. The van der Waals surface area contributed by atoms with Gasteiger partial charge in [-0.15, -0.1) is 0 Å². The van der Waals surface area contributed by atoms with Crippen molar-refractivity contribution in [2.45, 2.75) is 24.9 Å². The summed E-state index contributed by atoms with van der Waals surface area (Å²) in [6, 6.07) is 3.40. The van der Waals surface area contributed by atoms with Crippen molar-refractivity contribution < 1.29 is 9.90 Å². The van der Waals surface area contributed by atoms with E-state index in [0.717, 1.165) is 19.3 Å². The smallest absolute Gasteiger partial charge is 0.252 e. The first kappa shape index (κ1) is 10.7. The molecule has 0 unspecified atom stereocenters. The van der Waals surface area contributed by atoms with Gasteiger partial charge in [-0.2, -0.15) is 5.26 Å². The average Bonchev–Trinajstić information content (AvgIpc) is 2.71. The quantitative estimate of drug-likeness (QED) is 0.692. The molecule has 0 bridgehead atoms. The Labute approximate surface area is 93.1 Å². The highest BCUT2D eigenvalue weighted by atomic mass is 16.3. The summed E-state index contributed by atoms with van der Waals surface area (Å²) in [5, 5.41) is 21.0. The fraction of sp³-hybridized carbons (Fsp3) is 0.455. The van der Waals surface area contributed by atoms with E-state index >= 15 is 0 Å². The molecule has 1 aromatic heterocycles. The van der Waals surface area contributed by atoms with Gasteiger partial charge < -0.3 is 15.4 Å². The van der Waals surface area contributed by atoms with E-state index in [9.17, 15) is 9.90 Å². The molecule has 5 heteroatoms. The molecule has 16 heavy (non-hydrogen) atoms. The van der Waals surface area contributed by atoms with E-state index in [4.69, 9.17) is 5.26 Å². The van der Waals surface area contributed by atoms with Crippen LogP contribution in [0.2, 0.25) is 0 Å². The molecule has 1 fully saturated rings. The molecule has 3 N–H and O–H groups in total. The number of aromatic amines is 1. The first-order valence-corrected chi connectivity index (χ1v) is 5.22. The molecule has 1 aromatic rings. The van der Waals surface area contributed by atoms with Crippen LogP contribution in [0.1, 0.15) is 35.3 Å². The molecule has 1 amide bonds. The maximum absolute atomic E-state index is 11.6. The minimum Gasteiger partial charge on any atom is -0.388 e. The molecule has 0 saturated heterocycles. The highest BCUT2D eigenvalue weighted by molar-refractivity contribution is 5.94. The standard InChI is InChI=1S/C11H13N3O2/c12-5-9-4-8(6-13-9)10(15)14-7-11(16)2-1-3-11/h4,6,13,16H,1-3,7H2,(H,14,15). The van der Waals surface area contributed by atoms with Gasteiger partial charge in [-0.05, 0) is 25.3 Å². The molecule has 0 aromatic carbocycles. The Morgan fingerprint density at radius 3 is 2.94 bits per heavy atom. The summed E-state index contributed by atoms with van der Waals surface area (Å²) in [5.74, 6) is -0.266. The second-order valence-electron chi connectivity index (χ2n) is 4.17. The maximum atomic E-state index is 11.6. The number of hydrogen-bond acceptors (Lipinski definition) is 3. The zero-order chi connectivity index (χ0) is 11.6. The molecule has 2 rings (SSSR count). The molecule has 1 aliphatic rings. The molecule has 0 atom stereocenters. The number of H-pyrrole nitrogens is 1. The number of nitrogens with zero attached hydrogens (tertiary/aromatic N) is 1. The van der Waals surface area contributed by atoms with Crippen LogP contribution in [-0.4, -0.2) is 28.1 Å². The first-order chi connectivity index (χ1) is 7.63. The van der Waals surface area contributed by atoms with E-state index in [2.05, 4.69) is 10.3 Å². The van der Waals surface area contributed by atoms with Crippen molar-refractivity contribution in [2.75, 3.05) is 6.54 Å². The van der Waals surface area contributed by atoms with Gasteiger partial charge in [0.05, 0.1) is 11.2 Å². The summed E-state index contributed by atoms with van der Waals surface area (Å²) in [4.78, 5) is 14.3. The van der Waals surface area contributed by atoms with Gasteiger partial charge in [0.25, 0.3) is 5.91 Å². The predicted molar refractivity (Wildman–Crippen MR) is 56.6 cm³/mol. The summed E-state index contributed by atoms with van der Waals surface area (Å²) in [6.07, 6.45) is 3.97. The van der Waals surface area contributed by atoms with Gasteiger partial charge >= 0.3 is 0 Å². The van der Waals surface area contributed by atoms with E-state index in [0.29, 0.717) is 11.3 Å². The molecule has 84 valence electrons. The van der Waals surface area contributed by atoms with Crippen LogP contribution in [-0.2, 0) is 0 Å². The van der Waals surface area contributed by atoms with Gasteiger partial charge in [-0.3, -0.25) is 4.79 Å². The molecular weight excluding hydrogens is 206 g/mol. The van der Waals surface area contributed by atoms with E-state index in [-0.39, 0.29) is 12.5 Å². The highest BCUT2D eigenvalue weighted by Crippen LogP contribution is 2.30. The largest absolute Gasteiger partial charge is 0.388 e. The Morgan fingerprint density at radius 1 is 1.69 bits per heavy atom. The molecule has 0 spiro atoms. The van der Waals surface area contributed by atoms with E-state index in [1.807, 2.05) is 6.07 Å². The molecule has 0 aliphatic heterocycles. The van der Waals surface area contributed by atoms with Gasteiger partial charge in [-0.25, -0.2) is 0 Å². The molecule has 1 aliphatic carbocycles. The zero-order valence-electron chi connectivity index (χ0n) is 8.79. The summed E-state index contributed by atoms with van der Waals surface area (Å²) in [5.41, 5.74) is 0.0521. The molecule has 1 heterocycles. The monoisotopic (exact) mass is 219 g/mol. The van der Waals surface area contributed by atoms with Crippen LogP contribution in [0.15, 0.2) is 12.3 Å². The highest BCUT2D eigenvalue weighted by Gasteiger charge is 2.34. The number of carbonyl (C=O) groups is 1. The van der Waals surface area contributed by atoms with E-state index in [1.54, 1.807) is 0 Å². The lowest BCUT2D eigenvalue weighted by Gasteiger charge is -2.36. The number of nitriles is 1. The third kappa shape index (κ3) is 2.07. The molecule has 1 saturated carbocycles. The van der Waals surface area contributed by atoms with Crippen LogP contribution in [0.25, 0.3) is 0 Å². The summed E-state index contributed by atoms with van der Waals surface area (Å²) in [6.45, 7) is 0.277. The summed E-state index contributed by atoms with van der Waals surface area (Å²) in [7, 11) is 0. The second-order valence-corrected chi connectivity index (χ2v) is 4.17. The minimum atomic E-state index is -0.718. The van der Waals surface area contributed by atoms with Crippen molar-refractivity contribution in [3.63, 3.8) is 0 Å². The van der Waals surface area contributed by atoms with Crippen molar-refractivity contribution in [3.8, 4) is 6.07 Å². The number of carbonyl (C=O) groups excluding carboxylic acids is 1. The molecule has 5 nitrogen and oxygen atoms in total. The summed E-state index contributed by atoms with van der Waals surface area (Å²) < 4.78 is 0. The van der Waals surface area contributed by atoms with E-state index < -0.39 is 5.60 Å². The Kier molecular flexibility index (Phi) is 2.67. The minimum absolute atomic E-state index is 0.266. The van der Waals surface area contributed by atoms with Gasteiger partial charge in [0, 0.05) is 12.7 Å². The number of aromatic nitrogens is 1. The molecule has 0 radical (unpaired) electrons. The van der Waals surface area contributed by atoms with Crippen molar-refractivity contribution in [1.29, 1.82) is 5.26 Å². The zero-order valence-corrected chi connectivity index (χ0v) is 8.79. The summed E-state index contributed by atoms with van der Waals surface area (Å²) >= 11 is 0. The topological polar surface area (TPSA) is 88.9 Å². The normalized spacial score (nSPS) is 17.2.